The van der Waals surface area contributed by atoms with E-state index in [1.807, 2.05) is 11.8 Å². The zero-order chi connectivity index (χ0) is 21.7. The van der Waals surface area contributed by atoms with Crippen LogP contribution >= 0.6 is 0 Å². The van der Waals surface area contributed by atoms with E-state index >= 15 is 4.39 Å². The van der Waals surface area contributed by atoms with Gasteiger partial charge < -0.3 is 19.7 Å². The third-order valence-electron chi connectivity index (χ3n) is 6.18. The maximum absolute atomic E-state index is 15.3. The fourth-order valence-electron chi connectivity index (χ4n) is 4.68. The molecule has 0 spiro atoms. The van der Waals surface area contributed by atoms with Crippen LogP contribution in [-0.2, 0) is 0 Å². The molecule has 2 atom stereocenters. The van der Waals surface area contributed by atoms with Gasteiger partial charge in [-0.25, -0.2) is 9.18 Å². The van der Waals surface area contributed by atoms with Crippen LogP contribution < -0.4 is 10.3 Å². The molecule has 2 aromatic rings. The van der Waals surface area contributed by atoms with E-state index in [0.717, 1.165) is 6.07 Å². The number of aliphatic hydroxyl groups excluding tert-OH is 1. The van der Waals surface area contributed by atoms with Gasteiger partial charge in [-0.05, 0) is 19.9 Å². The Morgan fingerprint density at radius 1 is 1.23 bits per heavy atom. The van der Waals surface area contributed by atoms with Gasteiger partial charge in [-0.1, -0.05) is 0 Å². The van der Waals surface area contributed by atoms with Crippen LogP contribution in [0, 0.1) is 5.82 Å². The molecule has 0 amide bonds. The number of carbonyl (C=O) groups is 2. The monoisotopic (exact) mass is 417 g/mol. The molecule has 0 aliphatic carbocycles. The molecule has 2 aliphatic rings. The first-order valence-corrected chi connectivity index (χ1v) is 10.0. The number of rotatable bonds is 4. The van der Waals surface area contributed by atoms with Crippen LogP contribution in [0.15, 0.2) is 17.1 Å². The molecule has 160 valence electrons. The minimum atomic E-state index is -1.38. The summed E-state index contributed by atoms with van der Waals surface area (Å²) < 4.78 is 16.9. The standard InChI is InChI=1S/C21H24FN3O5/c1-11-7-16(27)17-18-13(20(28)14(21(29)30)10-25(11)18)8-15(22)19(17)24-4-3-23(5-6-26)12(2)9-24/h8,10-12,26H,3-7,9H2,1-2H3,(H,29,30). The van der Waals surface area contributed by atoms with Crippen molar-refractivity contribution in [3.8, 4) is 0 Å². The Morgan fingerprint density at radius 3 is 2.60 bits per heavy atom. The molecule has 9 heteroatoms. The third kappa shape index (κ3) is 3.09. The lowest BCUT2D eigenvalue weighted by molar-refractivity contribution is 0.0694. The number of Topliss-reactive ketones (excluding diaryl/α,β-unsaturated/α-hetero) is 1. The smallest absolute Gasteiger partial charge is 0.341 e. The number of nitrogens with zero attached hydrogens (tertiary/aromatic N) is 3. The van der Waals surface area contributed by atoms with Crippen LogP contribution in [0.1, 0.15) is 47.0 Å². The predicted molar refractivity (Wildman–Crippen MR) is 109 cm³/mol. The number of aromatic carboxylic acids is 1. The summed E-state index contributed by atoms with van der Waals surface area (Å²) in [5.74, 6) is -2.33. The van der Waals surface area contributed by atoms with Gasteiger partial charge >= 0.3 is 5.97 Å². The molecule has 8 nitrogen and oxygen atoms in total. The van der Waals surface area contributed by atoms with Crippen LogP contribution in [0.4, 0.5) is 10.1 Å². The number of aliphatic hydroxyl groups is 1. The van der Waals surface area contributed by atoms with Crippen molar-refractivity contribution in [1.29, 1.82) is 0 Å². The molecule has 1 aromatic carbocycles. The molecule has 2 N–H and O–H groups in total. The van der Waals surface area contributed by atoms with Crippen LogP contribution in [-0.4, -0.2) is 70.3 Å². The average Bonchev–Trinajstić information content (AvgIpc) is 2.68. The molecule has 1 aromatic heterocycles. The highest BCUT2D eigenvalue weighted by molar-refractivity contribution is 6.13. The summed E-state index contributed by atoms with van der Waals surface area (Å²) in [7, 11) is 0. The SMILES string of the molecule is CC1CN(c2c(F)cc3c(=O)c(C(=O)O)cn4c3c2C(=O)CC4C)CCN1CCO. The fraction of sp³-hybridized carbons (Fsp3) is 0.476. The van der Waals surface area contributed by atoms with Gasteiger partial charge in [0.2, 0.25) is 5.43 Å². The lowest BCUT2D eigenvalue weighted by Gasteiger charge is -2.42. The fourth-order valence-corrected chi connectivity index (χ4v) is 4.68. The molecular formula is C21H24FN3O5. The number of aromatic nitrogens is 1. The van der Waals surface area contributed by atoms with Crippen LogP contribution in [0.2, 0.25) is 0 Å². The highest BCUT2D eigenvalue weighted by Crippen LogP contribution is 2.38. The number of carboxylic acid groups (broad SMARTS) is 1. The highest BCUT2D eigenvalue weighted by atomic mass is 19.1. The van der Waals surface area contributed by atoms with Crippen molar-refractivity contribution in [2.24, 2.45) is 0 Å². The van der Waals surface area contributed by atoms with Crippen molar-refractivity contribution in [2.45, 2.75) is 32.4 Å². The lowest BCUT2D eigenvalue weighted by atomic mass is 9.92. The van der Waals surface area contributed by atoms with E-state index in [-0.39, 0.29) is 47.5 Å². The van der Waals surface area contributed by atoms with E-state index in [1.165, 1.54) is 6.20 Å². The topological polar surface area (TPSA) is 103 Å². The molecular weight excluding hydrogens is 393 g/mol. The zero-order valence-corrected chi connectivity index (χ0v) is 16.9. The van der Waals surface area contributed by atoms with Gasteiger partial charge in [0.1, 0.15) is 11.4 Å². The second kappa shape index (κ2) is 7.48. The normalized spacial score (nSPS) is 22.0. The Labute approximate surface area is 172 Å². The van der Waals surface area contributed by atoms with Crippen molar-refractivity contribution < 1.29 is 24.2 Å². The van der Waals surface area contributed by atoms with Crippen molar-refractivity contribution in [3.63, 3.8) is 0 Å². The van der Waals surface area contributed by atoms with Crippen LogP contribution in [0.25, 0.3) is 10.9 Å². The Bertz CT molecular complexity index is 1110. The molecule has 3 heterocycles. The molecule has 2 unspecified atom stereocenters. The Hall–Kier alpha value is -2.78. The summed E-state index contributed by atoms with van der Waals surface area (Å²) in [5, 5.41) is 18.5. The van der Waals surface area contributed by atoms with E-state index in [2.05, 4.69) is 4.90 Å². The maximum Gasteiger partial charge on any atom is 0.341 e. The van der Waals surface area contributed by atoms with E-state index in [1.54, 1.807) is 11.5 Å². The summed E-state index contributed by atoms with van der Waals surface area (Å²) in [6.07, 6.45) is 1.36. The van der Waals surface area contributed by atoms with Gasteiger partial charge in [0, 0.05) is 50.9 Å². The third-order valence-corrected chi connectivity index (χ3v) is 6.18. The Morgan fingerprint density at radius 2 is 1.97 bits per heavy atom. The number of pyridine rings is 1. The van der Waals surface area contributed by atoms with Crippen molar-refractivity contribution in [1.82, 2.24) is 9.47 Å². The summed E-state index contributed by atoms with van der Waals surface area (Å²) in [5.41, 5.74) is -0.599. The average molecular weight is 417 g/mol. The van der Waals surface area contributed by atoms with Gasteiger partial charge in [0.05, 0.1) is 28.8 Å². The first-order valence-electron chi connectivity index (χ1n) is 10.0. The van der Waals surface area contributed by atoms with Gasteiger partial charge in [-0.15, -0.1) is 0 Å². The van der Waals surface area contributed by atoms with Gasteiger partial charge in [0.15, 0.2) is 5.78 Å². The Balaban J connectivity index is 1.94. The number of hydrogen-bond acceptors (Lipinski definition) is 6. The van der Waals surface area contributed by atoms with Crippen molar-refractivity contribution >= 4 is 28.3 Å². The maximum atomic E-state index is 15.3. The highest BCUT2D eigenvalue weighted by Gasteiger charge is 2.35. The largest absolute Gasteiger partial charge is 0.477 e. The number of carboxylic acids is 1. The summed E-state index contributed by atoms with van der Waals surface area (Å²) in [6.45, 7) is 5.86. The molecule has 1 saturated heterocycles. The lowest BCUT2D eigenvalue weighted by Crippen LogP contribution is -2.53. The minimum absolute atomic E-state index is 0.0362. The van der Waals surface area contributed by atoms with Gasteiger partial charge in [-0.3, -0.25) is 14.5 Å². The predicted octanol–water partition coefficient (Wildman–Crippen LogP) is 1.49. The Kier molecular flexibility index (Phi) is 5.11. The zero-order valence-electron chi connectivity index (χ0n) is 16.9. The van der Waals surface area contributed by atoms with Crippen LogP contribution in [0.3, 0.4) is 0 Å². The van der Waals surface area contributed by atoms with Crippen molar-refractivity contribution in [3.05, 3.63) is 39.4 Å². The molecule has 0 saturated carbocycles. The van der Waals surface area contributed by atoms with E-state index in [0.29, 0.717) is 31.7 Å². The summed E-state index contributed by atoms with van der Waals surface area (Å²) in [4.78, 5) is 41.2. The minimum Gasteiger partial charge on any atom is -0.477 e. The molecule has 4 rings (SSSR count). The molecule has 1 fully saturated rings. The number of hydrogen-bond donors (Lipinski definition) is 2. The molecule has 2 aliphatic heterocycles. The number of β-amino-alcohol motifs (C(OH)–C–C–N with tert-alkyl or cyclic N) is 1. The number of halogens is 1. The molecule has 0 radical (unpaired) electrons. The molecule has 30 heavy (non-hydrogen) atoms. The molecule has 0 bridgehead atoms. The second-order valence-corrected chi connectivity index (χ2v) is 8.09. The van der Waals surface area contributed by atoms with E-state index in [9.17, 15) is 24.6 Å². The first-order chi connectivity index (χ1) is 14.2. The van der Waals surface area contributed by atoms with E-state index in [4.69, 9.17) is 0 Å². The quantitative estimate of drug-likeness (QED) is 0.777. The summed E-state index contributed by atoms with van der Waals surface area (Å²) >= 11 is 0. The second-order valence-electron chi connectivity index (χ2n) is 8.09. The summed E-state index contributed by atoms with van der Waals surface area (Å²) in [6, 6.07) is 0.766. The van der Waals surface area contributed by atoms with E-state index < -0.39 is 22.8 Å². The first kappa shape index (κ1) is 20.5. The van der Waals surface area contributed by atoms with Crippen molar-refractivity contribution in [2.75, 3.05) is 37.7 Å². The van der Waals surface area contributed by atoms with Crippen LogP contribution in [0.5, 0.6) is 0 Å². The van der Waals surface area contributed by atoms with Gasteiger partial charge in [-0.2, -0.15) is 0 Å². The number of benzene rings is 1. The van der Waals surface area contributed by atoms with Gasteiger partial charge in [0.25, 0.3) is 0 Å². The number of anilines is 1. The number of ketones is 1. The number of piperazine rings is 1. The number of carbonyl (C=O) groups excluding carboxylic acids is 1.